The molecule has 10 heavy (non-hydrogen) atoms. The van der Waals surface area contributed by atoms with Crippen LogP contribution in [-0.2, 0) is 0 Å². The Morgan fingerprint density at radius 2 is 1.50 bits per heavy atom. The van der Waals surface area contributed by atoms with Gasteiger partial charge in [-0.2, -0.15) is 0 Å². The maximum atomic E-state index is 2.43. The molecule has 0 rings (SSSR count). The van der Waals surface area contributed by atoms with E-state index < -0.39 is 7.74 Å². The Labute approximate surface area is 67.7 Å². The molecule has 0 heterocycles. The summed E-state index contributed by atoms with van der Waals surface area (Å²) >= 11 is 0. The summed E-state index contributed by atoms with van der Waals surface area (Å²) in [7, 11) is 0.730. The molecule has 0 radical (unpaired) electrons. The third-order valence-electron chi connectivity index (χ3n) is 0.839. The second-order valence-electron chi connectivity index (χ2n) is 4.80. The lowest BCUT2D eigenvalue weighted by Gasteiger charge is -2.14. The summed E-state index contributed by atoms with van der Waals surface area (Å²) in [5, 5.41) is 0. The summed E-state index contributed by atoms with van der Waals surface area (Å²) in [5.74, 6) is 2.43. The molecule has 0 bridgehead atoms. The van der Waals surface area contributed by atoms with Crippen molar-refractivity contribution >= 4 is 21.3 Å². The Morgan fingerprint density at radius 1 is 1.10 bits per heavy atom. The fourth-order valence-corrected chi connectivity index (χ4v) is 3.49. The Morgan fingerprint density at radius 3 is 1.60 bits per heavy atom. The second kappa shape index (κ2) is 3.19. The van der Waals surface area contributed by atoms with Gasteiger partial charge in [0.2, 0.25) is 0 Å². The maximum absolute atomic E-state index is 2.43. The SMILES string of the molecule is CC(C)(C)C=P[Si](C)(C)C. The molecule has 2 heteroatoms. The van der Waals surface area contributed by atoms with Crippen LogP contribution in [-0.4, -0.2) is 13.5 Å². The van der Waals surface area contributed by atoms with E-state index in [1.807, 2.05) is 0 Å². The van der Waals surface area contributed by atoms with Crippen LogP contribution in [0.15, 0.2) is 0 Å². The second-order valence-corrected chi connectivity index (χ2v) is 14.5. The van der Waals surface area contributed by atoms with Crippen molar-refractivity contribution in [3.05, 3.63) is 0 Å². The summed E-state index contributed by atoms with van der Waals surface area (Å²) in [4.78, 5) is 0. The van der Waals surface area contributed by atoms with Crippen LogP contribution in [0.25, 0.3) is 0 Å². The normalized spacial score (nSPS) is 14.6. The van der Waals surface area contributed by atoms with Gasteiger partial charge in [0.05, 0.1) is 0 Å². The maximum Gasteiger partial charge on any atom is 0.102 e. The highest BCUT2D eigenvalue weighted by Crippen LogP contribution is 2.22. The van der Waals surface area contributed by atoms with Gasteiger partial charge in [-0.1, -0.05) is 46.2 Å². The van der Waals surface area contributed by atoms with Crippen molar-refractivity contribution in [2.45, 2.75) is 40.4 Å². The van der Waals surface area contributed by atoms with Crippen LogP contribution in [0.4, 0.5) is 0 Å². The molecule has 0 N–H and O–H groups in total. The molecule has 0 aromatic heterocycles. The van der Waals surface area contributed by atoms with Gasteiger partial charge in [0.25, 0.3) is 0 Å². The highest BCUT2D eigenvalue weighted by Gasteiger charge is 2.11. The average molecular weight is 174 g/mol. The van der Waals surface area contributed by atoms with Gasteiger partial charge in [0.15, 0.2) is 0 Å². The average Bonchev–Trinajstić information content (AvgIpc) is 1.57. The highest BCUT2D eigenvalue weighted by atomic mass is 31.3. The van der Waals surface area contributed by atoms with Crippen molar-refractivity contribution in [3.8, 4) is 0 Å². The van der Waals surface area contributed by atoms with Crippen LogP contribution in [0.3, 0.4) is 0 Å². The lowest BCUT2D eigenvalue weighted by atomic mass is 10.0. The minimum Gasteiger partial charge on any atom is -0.131 e. The molecule has 0 fully saturated rings. The quantitative estimate of drug-likeness (QED) is 0.421. The van der Waals surface area contributed by atoms with Crippen molar-refractivity contribution < 1.29 is 0 Å². The Bertz CT molecular complexity index is 109. The van der Waals surface area contributed by atoms with Gasteiger partial charge in [-0.15, -0.1) is 7.75 Å². The zero-order valence-corrected chi connectivity index (χ0v) is 9.92. The summed E-state index contributed by atoms with van der Waals surface area (Å²) < 4.78 is 0. The Kier molecular flexibility index (Phi) is 3.31. The van der Waals surface area contributed by atoms with Gasteiger partial charge >= 0.3 is 0 Å². The smallest absolute Gasteiger partial charge is 0.102 e. The minimum absolute atomic E-state index is 0.405. The van der Waals surface area contributed by atoms with Gasteiger partial charge in [0, 0.05) is 0 Å². The molecule has 0 aromatic rings. The number of hydrogen-bond donors (Lipinski definition) is 0. The Hall–Kier alpha value is 0.387. The van der Waals surface area contributed by atoms with E-state index in [4.69, 9.17) is 0 Å². The van der Waals surface area contributed by atoms with E-state index in [1.165, 1.54) is 0 Å². The molecule has 0 saturated carbocycles. The van der Waals surface area contributed by atoms with Crippen molar-refractivity contribution in [1.29, 1.82) is 0 Å². The summed E-state index contributed by atoms with van der Waals surface area (Å²) in [5.41, 5.74) is 0.405. The number of rotatable bonds is 1. The first-order valence-corrected chi connectivity index (χ1v) is 9.08. The lowest BCUT2D eigenvalue weighted by molar-refractivity contribution is 0.615. The lowest BCUT2D eigenvalue weighted by Crippen LogP contribution is -2.12. The largest absolute Gasteiger partial charge is 0.131 e. The van der Waals surface area contributed by atoms with Crippen molar-refractivity contribution in [2.75, 3.05) is 0 Å². The van der Waals surface area contributed by atoms with E-state index in [9.17, 15) is 0 Å². The summed E-state index contributed by atoms with van der Waals surface area (Å²) in [6.45, 7) is 14.0. The molecular weight excluding hydrogens is 155 g/mol. The third kappa shape index (κ3) is 8.39. The standard InChI is InChI=1S/C8H19PSi/c1-8(2,3)7-9-10(4,5)6/h7H,1-6H3. The molecule has 0 spiro atoms. The van der Waals surface area contributed by atoms with Crippen LogP contribution < -0.4 is 0 Å². The van der Waals surface area contributed by atoms with Crippen molar-refractivity contribution in [2.24, 2.45) is 5.41 Å². The molecule has 0 amide bonds. The first-order chi connectivity index (χ1) is 4.21. The van der Waals surface area contributed by atoms with Crippen LogP contribution in [0, 0.1) is 5.41 Å². The Balaban J connectivity index is 4.01. The fourth-order valence-electron chi connectivity index (χ4n) is 0.387. The van der Waals surface area contributed by atoms with Crippen molar-refractivity contribution in [1.82, 2.24) is 0 Å². The monoisotopic (exact) mass is 174 g/mol. The van der Waals surface area contributed by atoms with Gasteiger partial charge in [0.1, 0.15) is 7.74 Å². The third-order valence-corrected chi connectivity index (χ3v) is 5.23. The van der Waals surface area contributed by atoms with Crippen molar-refractivity contribution in [3.63, 3.8) is 0 Å². The summed E-state index contributed by atoms with van der Waals surface area (Å²) in [6, 6.07) is 0. The van der Waals surface area contributed by atoms with E-state index in [2.05, 4.69) is 46.2 Å². The molecule has 0 aromatic carbocycles. The molecule has 0 nitrogen and oxygen atoms in total. The van der Waals surface area contributed by atoms with Crippen LogP contribution in [0.1, 0.15) is 20.8 Å². The molecule has 0 aliphatic carbocycles. The first-order valence-electron chi connectivity index (χ1n) is 3.77. The first kappa shape index (κ1) is 10.4. The molecular formula is C8H19PSi. The molecule has 0 unspecified atom stereocenters. The fraction of sp³-hybridized carbons (Fsp3) is 0.875. The number of hydrogen-bond acceptors (Lipinski definition) is 0. The zero-order valence-electron chi connectivity index (χ0n) is 8.02. The molecule has 60 valence electrons. The van der Waals surface area contributed by atoms with E-state index in [0.717, 1.165) is 0 Å². The van der Waals surface area contributed by atoms with Gasteiger partial charge in [-0.3, -0.25) is 0 Å². The zero-order chi connectivity index (χ0) is 8.41. The molecule has 0 aliphatic heterocycles. The van der Waals surface area contributed by atoms with Crippen LogP contribution >= 0.6 is 7.75 Å². The molecule has 0 atom stereocenters. The predicted molar refractivity (Wildman–Crippen MR) is 55.8 cm³/mol. The topological polar surface area (TPSA) is 0 Å². The molecule has 0 aliphatic rings. The van der Waals surface area contributed by atoms with E-state index in [0.29, 0.717) is 5.41 Å². The predicted octanol–water partition coefficient (Wildman–Crippen LogP) is 3.62. The van der Waals surface area contributed by atoms with Gasteiger partial charge in [-0.05, 0) is 5.41 Å². The summed E-state index contributed by atoms with van der Waals surface area (Å²) in [6.07, 6.45) is 0. The molecule has 0 saturated heterocycles. The van der Waals surface area contributed by atoms with E-state index in [1.54, 1.807) is 7.75 Å². The van der Waals surface area contributed by atoms with E-state index in [-0.39, 0.29) is 0 Å². The van der Waals surface area contributed by atoms with E-state index >= 15 is 0 Å². The van der Waals surface area contributed by atoms with Crippen LogP contribution in [0.2, 0.25) is 19.6 Å². The van der Waals surface area contributed by atoms with Gasteiger partial charge in [-0.25, -0.2) is 0 Å². The van der Waals surface area contributed by atoms with Crippen LogP contribution in [0.5, 0.6) is 0 Å². The van der Waals surface area contributed by atoms with Gasteiger partial charge < -0.3 is 0 Å². The minimum atomic E-state index is -0.850. The highest BCUT2D eigenvalue weighted by molar-refractivity contribution is 7.80.